The number of rotatable bonds is 5. The summed E-state index contributed by atoms with van der Waals surface area (Å²) < 4.78 is 7.34. The topological polar surface area (TPSA) is 60.1 Å². The maximum absolute atomic E-state index is 12.1. The zero-order valence-electron chi connectivity index (χ0n) is 12.3. The fraction of sp³-hybridized carbons (Fsp3) is 0.333. The molecule has 1 unspecified atom stereocenters. The van der Waals surface area contributed by atoms with Gasteiger partial charge in [0, 0.05) is 5.56 Å². The Hall–Kier alpha value is -1.82. The lowest BCUT2D eigenvalue weighted by atomic mass is 10.1. The highest BCUT2D eigenvalue weighted by atomic mass is 79.9. The summed E-state index contributed by atoms with van der Waals surface area (Å²) in [6.07, 6.45) is 3.27. The van der Waals surface area contributed by atoms with Crippen molar-refractivity contribution in [2.75, 3.05) is 5.32 Å². The number of halogens is 1. The Morgan fingerprint density at radius 2 is 2.29 bits per heavy atom. The van der Waals surface area contributed by atoms with Gasteiger partial charge in [-0.1, -0.05) is 6.08 Å². The monoisotopic (exact) mass is 351 g/mol. The molecule has 2 aromatic heterocycles. The van der Waals surface area contributed by atoms with Gasteiger partial charge in [-0.15, -0.1) is 6.58 Å². The maximum atomic E-state index is 12.1. The van der Waals surface area contributed by atoms with Crippen LogP contribution in [0.1, 0.15) is 30.0 Å². The molecule has 21 heavy (non-hydrogen) atoms. The second-order valence-corrected chi connectivity index (χ2v) is 5.68. The van der Waals surface area contributed by atoms with Gasteiger partial charge in [-0.05, 0) is 42.8 Å². The molecule has 112 valence electrons. The minimum atomic E-state index is -0.188. The van der Waals surface area contributed by atoms with Crippen molar-refractivity contribution in [3.05, 3.63) is 56.8 Å². The van der Waals surface area contributed by atoms with Gasteiger partial charge in [-0.25, -0.2) is 4.68 Å². The van der Waals surface area contributed by atoms with Crippen molar-refractivity contribution in [3.63, 3.8) is 0 Å². The summed E-state index contributed by atoms with van der Waals surface area (Å²) in [7, 11) is 0. The second-order valence-electron chi connectivity index (χ2n) is 4.88. The maximum Gasteiger partial charge on any atom is 0.283 e. The number of hydrogen-bond donors (Lipinski definition) is 1. The van der Waals surface area contributed by atoms with Gasteiger partial charge in [-0.2, -0.15) is 5.10 Å². The van der Waals surface area contributed by atoms with Gasteiger partial charge < -0.3 is 9.73 Å². The minimum Gasteiger partial charge on any atom is -0.466 e. The van der Waals surface area contributed by atoms with Crippen LogP contribution >= 0.6 is 15.9 Å². The summed E-state index contributed by atoms with van der Waals surface area (Å²) >= 11 is 3.33. The molecule has 0 fully saturated rings. The van der Waals surface area contributed by atoms with Crippen LogP contribution in [0.15, 0.2) is 38.6 Å². The molecule has 6 heteroatoms. The lowest BCUT2D eigenvalue weighted by Crippen LogP contribution is -2.24. The van der Waals surface area contributed by atoms with E-state index in [4.69, 9.17) is 4.42 Å². The fourth-order valence-electron chi connectivity index (χ4n) is 2.21. The van der Waals surface area contributed by atoms with Crippen molar-refractivity contribution in [1.82, 2.24) is 9.78 Å². The normalized spacial score (nSPS) is 12.2. The van der Waals surface area contributed by atoms with Gasteiger partial charge in [-0.3, -0.25) is 4.79 Å². The van der Waals surface area contributed by atoms with Gasteiger partial charge in [0.15, 0.2) is 0 Å². The predicted molar refractivity (Wildman–Crippen MR) is 86.6 cm³/mol. The molecule has 0 radical (unpaired) electrons. The molecule has 0 spiro atoms. The largest absolute Gasteiger partial charge is 0.466 e. The first-order valence-electron chi connectivity index (χ1n) is 6.64. The van der Waals surface area contributed by atoms with Crippen LogP contribution in [0.5, 0.6) is 0 Å². The highest BCUT2D eigenvalue weighted by Crippen LogP contribution is 2.26. The number of nitrogens with one attached hydrogen (secondary N) is 1. The van der Waals surface area contributed by atoms with Crippen molar-refractivity contribution in [3.8, 4) is 0 Å². The molecule has 0 amide bonds. The SMILES string of the molecule is C=CCn1ncc(NC(C)c2cc(C)oc2C)c(Br)c1=O. The van der Waals surface area contributed by atoms with E-state index in [2.05, 4.69) is 32.9 Å². The first-order chi connectivity index (χ1) is 9.93. The Morgan fingerprint density at radius 1 is 1.57 bits per heavy atom. The molecular weight excluding hydrogens is 334 g/mol. The fourth-order valence-corrected chi connectivity index (χ4v) is 2.63. The molecule has 0 aliphatic rings. The first kappa shape index (κ1) is 15.6. The standard InChI is InChI=1S/C15H18BrN3O2/c1-5-6-19-15(20)14(16)13(8-17-19)18-10(3)12-7-9(2)21-11(12)4/h5,7-8,10,18H,1,6H2,2-4H3. The van der Waals surface area contributed by atoms with Crippen LogP contribution in [0.25, 0.3) is 0 Å². The minimum absolute atomic E-state index is 0.00945. The molecule has 0 aliphatic heterocycles. The lowest BCUT2D eigenvalue weighted by molar-refractivity contribution is 0.500. The summed E-state index contributed by atoms with van der Waals surface area (Å²) in [5.41, 5.74) is 1.54. The molecule has 0 aromatic carbocycles. The third-order valence-electron chi connectivity index (χ3n) is 3.20. The molecule has 2 aromatic rings. The molecule has 0 saturated heterocycles. The molecular formula is C15H18BrN3O2. The van der Waals surface area contributed by atoms with E-state index in [1.807, 2.05) is 26.8 Å². The third-order valence-corrected chi connectivity index (χ3v) is 3.97. The smallest absolute Gasteiger partial charge is 0.283 e. The Balaban J connectivity index is 2.28. The number of nitrogens with zero attached hydrogens (tertiary/aromatic N) is 2. The van der Waals surface area contributed by atoms with Crippen molar-refractivity contribution < 1.29 is 4.42 Å². The lowest BCUT2D eigenvalue weighted by Gasteiger charge is -2.16. The molecule has 2 heterocycles. The van der Waals surface area contributed by atoms with E-state index in [-0.39, 0.29) is 11.6 Å². The Morgan fingerprint density at radius 3 is 2.86 bits per heavy atom. The molecule has 1 N–H and O–H groups in total. The van der Waals surface area contributed by atoms with Crippen molar-refractivity contribution in [2.24, 2.45) is 0 Å². The number of aryl methyl sites for hydroxylation is 2. The molecule has 2 rings (SSSR count). The van der Waals surface area contributed by atoms with Crippen LogP contribution in [0, 0.1) is 13.8 Å². The van der Waals surface area contributed by atoms with E-state index in [9.17, 15) is 4.79 Å². The molecule has 0 saturated carbocycles. The molecule has 0 bridgehead atoms. The third kappa shape index (κ3) is 3.26. The summed E-state index contributed by atoms with van der Waals surface area (Å²) in [6.45, 7) is 9.84. The molecule has 5 nitrogen and oxygen atoms in total. The summed E-state index contributed by atoms with van der Waals surface area (Å²) in [5.74, 6) is 1.74. The van der Waals surface area contributed by atoms with E-state index in [0.717, 1.165) is 17.1 Å². The highest BCUT2D eigenvalue weighted by Gasteiger charge is 2.15. The zero-order chi connectivity index (χ0) is 15.6. The van der Waals surface area contributed by atoms with Gasteiger partial charge in [0.05, 0.1) is 24.5 Å². The number of furan rings is 1. The first-order valence-corrected chi connectivity index (χ1v) is 7.43. The number of hydrogen-bond acceptors (Lipinski definition) is 4. The van der Waals surface area contributed by atoms with Crippen molar-refractivity contribution in [2.45, 2.75) is 33.4 Å². The molecule has 0 aliphatic carbocycles. The molecule has 1 atom stereocenters. The van der Waals surface area contributed by atoms with E-state index in [1.54, 1.807) is 12.3 Å². The quantitative estimate of drug-likeness (QED) is 0.836. The Labute approximate surface area is 131 Å². The van der Waals surface area contributed by atoms with Crippen molar-refractivity contribution >= 4 is 21.6 Å². The van der Waals surface area contributed by atoms with Gasteiger partial charge in [0.2, 0.25) is 0 Å². The predicted octanol–water partition coefficient (Wildman–Crippen LogP) is 3.57. The van der Waals surface area contributed by atoms with Gasteiger partial charge in [0.25, 0.3) is 5.56 Å². The number of aromatic nitrogens is 2. The van der Waals surface area contributed by atoms with Crippen LogP contribution in [0.3, 0.4) is 0 Å². The Kier molecular flexibility index (Phi) is 4.67. The Bertz CT molecular complexity index is 718. The van der Waals surface area contributed by atoms with E-state index in [0.29, 0.717) is 16.7 Å². The van der Waals surface area contributed by atoms with Crippen LogP contribution in [-0.2, 0) is 6.54 Å². The van der Waals surface area contributed by atoms with Crippen LogP contribution < -0.4 is 10.9 Å². The van der Waals surface area contributed by atoms with E-state index < -0.39 is 0 Å². The van der Waals surface area contributed by atoms with E-state index >= 15 is 0 Å². The average molecular weight is 352 g/mol. The average Bonchev–Trinajstić information content (AvgIpc) is 2.77. The van der Waals surface area contributed by atoms with Crippen LogP contribution in [0.2, 0.25) is 0 Å². The van der Waals surface area contributed by atoms with Gasteiger partial charge >= 0.3 is 0 Å². The number of allylic oxidation sites excluding steroid dienone is 1. The van der Waals surface area contributed by atoms with Gasteiger partial charge in [0.1, 0.15) is 16.0 Å². The van der Waals surface area contributed by atoms with E-state index in [1.165, 1.54) is 4.68 Å². The van der Waals surface area contributed by atoms with Crippen molar-refractivity contribution in [1.29, 1.82) is 0 Å². The zero-order valence-corrected chi connectivity index (χ0v) is 13.9. The van der Waals surface area contributed by atoms with Crippen LogP contribution in [-0.4, -0.2) is 9.78 Å². The summed E-state index contributed by atoms with van der Waals surface area (Å²) in [6, 6.07) is 2.00. The second kappa shape index (κ2) is 6.30. The summed E-state index contributed by atoms with van der Waals surface area (Å²) in [5, 5.41) is 7.40. The van der Waals surface area contributed by atoms with Crippen LogP contribution in [0.4, 0.5) is 5.69 Å². The summed E-state index contributed by atoms with van der Waals surface area (Å²) in [4.78, 5) is 12.1. The highest BCUT2D eigenvalue weighted by molar-refractivity contribution is 9.10. The number of anilines is 1.